The van der Waals surface area contributed by atoms with Gasteiger partial charge in [0.2, 0.25) is 5.91 Å². The summed E-state index contributed by atoms with van der Waals surface area (Å²) in [6, 6.07) is 14.1. The normalized spacial score (nSPS) is 12.1. The molecular formula is C20H20FN3OS. The number of fused-ring (bicyclic) bond motifs is 1. The van der Waals surface area contributed by atoms with Crippen LogP contribution >= 0.6 is 11.8 Å². The van der Waals surface area contributed by atoms with Gasteiger partial charge in [0.25, 0.3) is 0 Å². The van der Waals surface area contributed by atoms with Crippen molar-refractivity contribution in [1.29, 1.82) is 0 Å². The number of aryl methyl sites for hydroxylation is 1. The SMILES string of the molecule is Cc1nc(S[C@H](C)C(=O)NCCc2ccc(F)cc2)c2ccccc2n1. The van der Waals surface area contributed by atoms with Gasteiger partial charge in [-0.25, -0.2) is 14.4 Å². The second kappa shape index (κ2) is 8.27. The Morgan fingerprint density at radius 3 is 2.65 bits per heavy atom. The maximum absolute atomic E-state index is 12.9. The van der Waals surface area contributed by atoms with Crippen LogP contribution < -0.4 is 5.32 Å². The number of aromatic nitrogens is 2. The number of benzene rings is 2. The smallest absolute Gasteiger partial charge is 0.233 e. The minimum atomic E-state index is -0.277. The standard InChI is InChI=1S/C20H20FN3OS/c1-13(19(25)22-12-11-15-7-9-16(21)10-8-15)26-20-17-5-3-4-6-18(17)23-14(2)24-20/h3-10,13H,11-12H2,1-2H3,(H,22,25)/t13-/m1/s1. The van der Waals surface area contributed by atoms with E-state index in [9.17, 15) is 9.18 Å². The van der Waals surface area contributed by atoms with Gasteiger partial charge in [0.1, 0.15) is 16.7 Å². The van der Waals surface area contributed by atoms with Gasteiger partial charge in [-0.15, -0.1) is 0 Å². The number of amides is 1. The Hall–Kier alpha value is -2.47. The molecular weight excluding hydrogens is 349 g/mol. The number of carbonyl (C=O) groups is 1. The van der Waals surface area contributed by atoms with Gasteiger partial charge < -0.3 is 5.32 Å². The molecule has 3 aromatic rings. The van der Waals surface area contributed by atoms with Crippen molar-refractivity contribution in [3.8, 4) is 0 Å². The Kier molecular flexibility index (Phi) is 5.83. The molecule has 1 N–H and O–H groups in total. The van der Waals surface area contributed by atoms with E-state index in [2.05, 4.69) is 15.3 Å². The molecule has 1 aromatic heterocycles. The maximum Gasteiger partial charge on any atom is 0.233 e. The molecule has 0 fully saturated rings. The van der Waals surface area contributed by atoms with E-state index in [1.165, 1.54) is 23.9 Å². The second-order valence-corrected chi connectivity index (χ2v) is 7.35. The van der Waals surface area contributed by atoms with E-state index in [1.807, 2.05) is 38.1 Å². The monoisotopic (exact) mass is 369 g/mol. The molecule has 0 aliphatic rings. The molecule has 0 aliphatic heterocycles. The van der Waals surface area contributed by atoms with Gasteiger partial charge in [-0.2, -0.15) is 0 Å². The van der Waals surface area contributed by atoms with E-state index >= 15 is 0 Å². The van der Waals surface area contributed by atoms with Crippen molar-refractivity contribution in [2.24, 2.45) is 0 Å². The lowest BCUT2D eigenvalue weighted by molar-refractivity contribution is -0.120. The number of hydrogen-bond donors (Lipinski definition) is 1. The second-order valence-electron chi connectivity index (χ2n) is 6.02. The fourth-order valence-electron chi connectivity index (χ4n) is 2.59. The summed E-state index contributed by atoms with van der Waals surface area (Å²) in [6.45, 7) is 4.23. The van der Waals surface area contributed by atoms with Crippen LogP contribution in [0.25, 0.3) is 10.9 Å². The average molecular weight is 369 g/mol. The summed E-state index contributed by atoms with van der Waals surface area (Å²) in [4.78, 5) is 21.3. The first kappa shape index (κ1) is 18.3. The fourth-order valence-corrected chi connectivity index (χ4v) is 3.60. The molecule has 0 bridgehead atoms. The van der Waals surface area contributed by atoms with Gasteiger partial charge in [0, 0.05) is 11.9 Å². The van der Waals surface area contributed by atoms with Crippen LogP contribution in [-0.2, 0) is 11.2 Å². The zero-order valence-corrected chi connectivity index (χ0v) is 15.5. The molecule has 0 aliphatic carbocycles. The Balaban J connectivity index is 1.60. The van der Waals surface area contributed by atoms with E-state index in [0.717, 1.165) is 21.5 Å². The first-order valence-electron chi connectivity index (χ1n) is 8.45. The molecule has 4 nitrogen and oxygen atoms in total. The maximum atomic E-state index is 12.9. The Morgan fingerprint density at radius 1 is 1.15 bits per heavy atom. The topological polar surface area (TPSA) is 54.9 Å². The molecule has 3 rings (SSSR count). The summed E-state index contributed by atoms with van der Waals surface area (Å²) >= 11 is 1.43. The predicted molar refractivity (Wildman–Crippen MR) is 103 cm³/mol. The zero-order valence-electron chi connectivity index (χ0n) is 14.7. The molecule has 0 radical (unpaired) electrons. The largest absolute Gasteiger partial charge is 0.355 e. The van der Waals surface area contributed by atoms with Crippen molar-refractivity contribution in [2.75, 3.05) is 6.54 Å². The summed E-state index contributed by atoms with van der Waals surface area (Å²) in [6.07, 6.45) is 0.666. The number of para-hydroxylation sites is 1. The van der Waals surface area contributed by atoms with Crippen LogP contribution in [0.5, 0.6) is 0 Å². The summed E-state index contributed by atoms with van der Waals surface area (Å²) < 4.78 is 12.9. The van der Waals surface area contributed by atoms with Gasteiger partial charge >= 0.3 is 0 Å². The van der Waals surface area contributed by atoms with E-state index < -0.39 is 0 Å². The third kappa shape index (κ3) is 4.58. The van der Waals surface area contributed by atoms with Crippen molar-refractivity contribution >= 4 is 28.6 Å². The highest BCUT2D eigenvalue weighted by Gasteiger charge is 2.17. The van der Waals surface area contributed by atoms with Crippen molar-refractivity contribution in [1.82, 2.24) is 15.3 Å². The van der Waals surface area contributed by atoms with Crippen LogP contribution in [0.4, 0.5) is 4.39 Å². The van der Waals surface area contributed by atoms with E-state index in [4.69, 9.17) is 0 Å². The first-order chi connectivity index (χ1) is 12.5. The minimum absolute atomic E-state index is 0.0440. The highest BCUT2D eigenvalue weighted by molar-refractivity contribution is 8.00. The van der Waals surface area contributed by atoms with Crippen LogP contribution in [0, 0.1) is 12.7 Å². The van der Waals surface area contributed by atoms with Gasteiger partial charge in [-0.1, -0.05) is 42.1 Å². The highest BCUT2D eigenvalue weighted by atomic mass is 32.2. The van der Waals surface area contributed by atoms with E-state index in [0.29, 0.717) is 18.8 Å². The average Bonchev–Trinajstić information content (AvgIpc) is 2.63. The number of carbonyl (C=O) groups excluding carboxylic acids is 1. The molecule has 134 valence electrons. The number of nitrogens with one attached hydrogen (secondary N) is 1. The zero-order chi connectivity index (χ0) is 18.5. The molecule has 6 heteroatoms. The molecule has 0 saturated heterocycles. The summed E-state index contributed by atoms with van der Waals surface area (Å²) in [7, 11) is 0. The number of hydrogen-bond acceptors (Lipinski definition) is 4. The van der Waals surface area contributed by atoms with Crippen LogP contribution in [0.15, 0.2) is 53.6 Å². The van der Waals surface area contributed by atoms with Gasteiger partial charge in [-0.05, 0) is 44.0 Å². The van der Waals surface area contributed by atoms with Gasteiger partial charge in [0.15, 0.2) is 0 Å². The molecule has 0 saturated carbocycles. The fraction of sp³-hybridized carbons (Fsp3) is 0.250. The van der Waals surface area contributed by atoms with Gasteiger partial charge in [-0.3, -0.25) is 4.79 Å². The quantitative estimate of drug-likeness (QED) is 0.529. The van der Waals surface area contributed by atoms with Crippen molar-refractivity contribution in [3.63, 3.8) is 0 Å². The van der Waals surface area contributed by atoms with Crippen LogP contribution in [0.1, 0.15) is 18.3 Å². The Labute approximate surface area is 156 Å². The van der Waals surface area contributed by atoms with E-state index in [-0.39, 0.29) is 17.0 Å². The van der Waals surface area contributed by atoms with Crippen LogP contribution in [0.3, 0.4) is 0 Å². The van der Waals surface area contributed by atoms with Crippen molar-refractivity contribution in [2.45, 2.75) is 30.5 Å². The molecule has 1 heterocycles. The number of rotatable bonds is 6. The Morgan fingerprint density at radius 2 is 1.88 bits per heavy atom. The third-order valence-electron chi connectivity index (χ3n) is 3.96. The summed E-state index contributed by atoms with van der Waals surface area (Å²) in [5, 5.41) is 4.42. The molecule has 0 spiro atoms. The lowest BCUT2D eigenvalue weighted by Gasteiger charge is -2.13. The van der Waals surface area contributed by atoms with Gasteiger partial charge in [0.05, 0.1) is 10.8 Å². The molecule has 0 unspecified atom stereocenters. The number of halogens is 1. The molecule has 2 aromatic carbocycles. The van der Waals surface area contributed by atoms with E-state index in [1.54, 1.807) is 12.1 Å². The van der Waals surface area contributed by atoms with Crippen molar-refractivity contribution < 1.29 is 9.18 Å². The summed E-state index contributed by atoms with van der Waals surface area (Å²) in [5.41, 5.74) is 1.87. The molecule has 1 atom stereocenters. The third-order valence-corrected chi connectivity index (χ3v) is 5.07. The first-order valence-corrected chi connectivity index (χ1v) is 9.33. The molecule has 1 amide bonds. The van der Waals surface area contributed by atoms with Crippen LogP contribution in [-0.4, -0.2) is 27.7 Å². The van der Waals surface area contributed by atoms with Crippen molar-refractivity contribution in [3.05, 3.63) is 65.7 Å². The molecule has 26 heavy (non-hydrogen) atoms. The number of nitrogens with zero attached hydrogens (tertiary/aromatic N) is 2. The summed E-state index contributed by atoms with van der Waals surface area (Å²) in [5.74, 6) is 0.391. The number of thioether (sulfide) groups is 1. The lowest BCUT2D eigenvalue weighted by Crippen LogP contribution is -2.32. The highest BCUT2D eigenvalue weighted by Crippen LogP contribution is 2.28. The van der Waals surface area contributed by atoms with Crippen LogP contribution in [0.2, 0.25) is 0 Å². The Bertz CT molecular complexity index is 915. The minimum Gasteiger partial charge on any atom is -0.355 e. The lowest BCUT2D eigenvalue weighted by atomic mass is 10.1. The predicted octanol–water partition coefficient (Wildman–Crippen LogP) is 3.92.